The van der Waals surface area contributed by atoms with Crippen LogP contribution >= 0.6 is 15.9 Å². The summed E-state index contributed by atoms with van der Waals surface area (Å²) in [7, 11) is 0. The summed E-state index contributed by atoms with van der Waals surface area (Å²) in [4.78, 5) is 12.6. The first kappa shape index (κ1) is 18.1. The van der Waals surface area contributed by atoms with Crippen LogP contribution in [-0.4, -0.2) is 33.5 Å². The van der Waals surface area contributed by atoms with Crippen molar-refractivity contribution < 1.29 is 14.6 Å². The average Bonchev–Trinajstić information content (AvgIpc) is 2.79. The van der Waals surface area contributed by atoms with E-state index in [0.717, 1.165) is 41.8 Å². The maximum Gasteiger partial charge on any atom is 0.275 e. The first-order valence-electron chi connectivity index (χ1n) is 9.13. The summed E-state index contributed by atoms with van der Waals surface area (Å²) >= 11 is 3.47. The first-order chi connectivity index (χ1) is 13.0. The van der Waals surface area contributed by atoms with E-state index in [0.29, 0.717) is 12.1 Å². The standard InChI is InChI=1S/C20H21BrN3O3/c21-16-7-11-17(12-8-16)23-19-4-2-1-3-13-22(19)14-20(23,25)15-5-9-18(10-6-15)24(26)27/h5-12,25H,1-4,13-14H2/q+1. The van der Waals surface area contributed by atoms with Gasteiger partial charge < -0.3 is 5.11 Å². The predicted molar refractivity (Wildman–Crippen MR) is 107 cm³/mol. The summed E-state index contributed by atoms with van der Waals surface area (Å²) < 4.78 is 3.24. The summed E-state index contributed by atoms with van der Waals surface area (Å²) in [6.45, 7) is 1.37. The number of nitro groups is 1. The number of aliphatic hydroxyl groups is 1. The topological polar surface area (TPSA) is 69.6 Å². The van der Waals surface area contributed by atoms with E-state index >= 15 is 0 Å². The average molecular weight is 431 g/mol. The van der Waals surface area contributed by atoms with E-state index < -0.39 is 10.6 Å². The van der Waals surface area contributed by atoms with E-state index in [-0.39, 0.29) is 5.69 Å². The van der Waals surface area contributed by atoms with Crippen LogP contribution in [0.25, 0.3) is 0 Å². The lowest BCUT2D eigenvalue weighted by Gasteiger charge is -2.29. The quantitative estimate of drug-likeness (QED) is 0.453. The van der Waals surface area contributed by atoms with Crippen LogP contribution < -0.4 is 4.90 Å². The van der Waals surface area contributed by atoms with Crippen molar-refractivity contribution in [1.82, 2.24) is 0 Å². The molecule has 0 fully saturated rings. The third-order valence-electron chi connectivity index (χ3n) is 5.36. The minimum atomic E-state index is -1.25. The van der Waals surface area contributed by atoms with Gasteiger partial charge in [0.2, 0.25) is 0 Å². The molecule has 0 aliphatic carbocycles. The third-order valence-corrected chi connectivity index (χ3v) is 5.89. The highest BCUT2D eigenvalue weighted by Gasteiger charge is 2.54. The molecule has 0 aromatic heterocycles. The van der Waals surface area contributed by atoms with Crippen LogP contribution in [0.1, 0.15) is 31.2 Å². The number of amidine groups is 1. The predicted octanol–water partition coefficient (Wildman–Crippen LogP) is 4.01. The maximum atomic E-state index is 11.8. The molecule has 7 heteroatoms. The lowest BCUT2D eigenvalue weighted by molar-refractivity contribution is -0.534. The molecular weight excluding hydrogens is 410 g/mol. The van der Waals surface area contributed by atoms with Crippen LogP contribution in [0.3, 0.4) is 0 Å². The second kappa shape index (κ2) is 7.05. The van der Waals surface area contributed by atoms with Gasteiger partial charge in [0.15, 0.2) is 6.54 Å². The summed E-state index contributed by atoms with van der Waals surface area (Å²) in [5, 5.41) is 22.8. The summed E-state index contributed by atoms with van der Waals surface area (Å²) in [6.07, 6.45) is 4.29. The van der Waals surface area contributed by atoms with Crippen molar-refractivity contribution in [2.24, 2.45) is 0 Å². The third kappa shape index (κ3) is 3.26. The van der Waals surface area contributed by atoms with E-state index in [1.807, 2.05) is 29.2 Å². The molecule has 0 bridgehead atoms. The second-order valence-electron chi connectivity index (χ2n) is 7.08. The zero-order valence-electron chi connectivity index (χ0n) is 14.8. The van der Waals surface area contributed by atoms with Gasteiger partial charge in [-0.15, -0.1) is 0 Å². The maximum absolute atomic E-state index is 11.8. The summed E-state index contributed by atoms with van der Waals surface area (Å²) in [6, 6.07) is 14.1. The number of hydrogen-bond acceptors (Lipinski definition) is 4. The van der Waals surface area contributed by atoms with Crippen LogP contribution in [0.4, 0.5) is 11.4 Å². The molecule has 2 aromatic rings. The molecule has 2 aromatic carbocycles. The molecule has 0 saturated carbocycles. The second-order valence-corrected chi connectivity index (χ2v) is 8.00. The molecular formula is C20H21BrN3O3+. The largest absolute Gasteiger partial charge is 0.346 e. The zero-order valence-corrected chi connectivity index (χ0v) is 16.4. The van der Waals surface area contributed by atoms with Gasteiger partial charge in [-0.05, 0) is 55.7 Å². The molecule has 0 amide bonds. The molecule has 6 nitrogen and oxygen atoms in total. The molecule has 1 unspecified atom stereocenters. The van der Waals surface area contributed by atoms with Gasteiger partial charge in [-0.25, -0.2) is 0 Å². The van der Waals surface area contributed by atoms with Gasteiger partial charge in [-0.2, -0.15) is 4.90 Å². The number of nitrogens with zero attached hydrogens (tertiary/aromatic N) is 3. The molecule has 0 saturated heterocycles. The molecule has 2 aliphatic heterocycles. The highest BCUT2D eigenvalue weighted by molar-refractivity contribution is 9.10. The Labute approximate surface area is 166 Å². The molecule has 27 heavy (non-hydrogen) atoms. The summed E-state index contributed by atoms with van der Waals surface area (Å²) in [5.74, 6) is 1.12. The minimum Gasteiger partial charge on any atom is -0.346 e. The summed E-state index contributed by atoms with van der Waals surface area (Å²) in [5.41, 5.74) is 0.350. The van der Waals surface area contributed by atoms with Crippen molar-refractivity contribution in [2.75, 3.05) is 18.0 Å². The van der Waals surface area contributed by atoms with Crippen molar-refractivity contribution in [3.63, 3.8) is 0 Å². The van der Waals surface area contributed by atoms with Crippen molar-refractivity contribution in [3.05, 3.63) is 68.7 Å². The minimum absolute atomic E-state index is 0.0257. The number of rotatable bonds is 3. The van der Waals surface area contributed by atoms with Gasteiger partial charge in [-0.1, -0.05) is 15.9 Å². The Hall–Kier alpha value is -2.25. The smallest absolute Gasteiger partial charge is 0.275 e. The number of halogens is 1. The molecule has 1 N–H and O–H groups in total. The molecule has 140 valence electrons. The van der Waals surface area contributed by atoms with Crippen molar-refractivity contribution >= 4 is 33.1 Å². The van der Waals surface area contributed by atoms with Gasteiger partial charge in [0.05, 0.1) is 11.5 Å². The van der Waals surface area contributed by atoms with Gasteiger partial charge in [0, 0.05) is 28.6 Å². The number of anilines is 1. The normalized spacial score (nSPS) is 22.5. The van der Waals surface area contributed by atoms with Crippen LogP contribution in [0.5, 0.6) is 0 Å². The van der Waals surface area contributed by atoms with E-state index in [1.165, 1.54) is 18.6 Å². The van der Waals surface area contributed by atoms with Gasteiger partial charge >= 0.3 is 0 Å². The van der Waals surface area contributed by atoms with Crippen LogP contribution in [0.15, 0.2) is 53.0 Å². The Morgan fingerprint density at radius 2 is 1.78 bits per heavy atom. The number of non-ortho nitro benzene ring substituents is 1. The van der Waals surface area contributed by atoms with E-state index in [1.54, 1.807) is 12.1 Å². The molecule has 0 radical (unpaired) electrons. The fraction of sp³-hybridized carbons (Fsp3) is 0.350. The Balaban J connectivity index is 1.80. The fourth-order valence-electron chi connectivity index (χ4n) is 4.05. The molecule has 0 spiro atoms. The van der Waals surface area contributed by atoms with Gasteiger partial charge in [0.25, 0.3) is 17.2 Å². The van der Waals surface area contributed by atoms with Crippen molar-refractivity contribution in [2.45, 2.75) is 31.4 Å². The highest BCUT2D eigenvalue weighted by atomic mass is 79.9. The van der Waals surface area contributed by atoms with Crippen LogP contribution in [-0.2, 0) is 5.72 Å². The Morgan fingerprint density at radius 1 is 1.07 bits per heavy atom. The van der Waals surface area contributed by atoms with E-state index in [2.05, 4.69) is 20.5 Å². The monoisotopic (exact) mass is 430 g/mol. The van der Waals surface area contributed by atoms with E-state index in [9.17, 15) is 15.2 Å². The number of nitro benzene ring substituents is 1. The van der Waals surface area contributed by atoms with Gasteiger partial charge in [0.1, 0.15) is 5.69 Å². The van der Waals surface area contributed by atoms with Crippen molar-refractivity contribution in [1.29, 1.82) is 0 Å². The SMILES string of the molecule is O=[N+]([O-])c1ccc(C2(O)C[N+]3=C(CCCCC3)N2c2ccc(Br)cc2)cc1. The van der Waals surface area contributed by atoms with E-state index in [4.69, 9.17) is 0 Å². The van der Waals surface area contributed by atoms with Crippen molar-refractivity contribution in [3.8, 4) is 0 Å². The van der Waals surface area contributed by atoms with Crippen LogP contribution in [0.2, 0.25) is 0 Å². The molecule has 1 atom stereocenters. The highest BCUT2D eigenvalue weighted by Crippen LogP contribution is 2.38. The zero-order chi connectivity index (χ0) is 19.0. The molecule has 2 aliphatic rings. The lowest BCUT2D eigenvalue weighted by Crippen LogP contribution is -2.47. The van der Waals surface area contributed by atoms with Gasteiger partial charge in [-0.3, -0.25) is 14.7 Å². The van der Waals surface area contributed by atoms with Crippen LogP contribution in [0, 0.1) is 10.1 Å². The Bertz CT molecular complexity index is 896. The number of hydrogen-bond donors (Lipinski definition) is 1. The fourth-order valence-corrected chi connectivity index (χ4v) is 4.31. The molecule has 4 rings (SSSR count). The first-order valence-corrected chi connectivity index (χ1v) is 9.92. The Kier molecular flexibility index (Phi) is 4.74. The number of benzene rings is 2. The lowest BCUT2D eigenvalue weighted by atomic mass is 9.99. The Morgan fingerprint density at radius 3 is 2.44 bits per heavy atom. The molecule has 2 heterocycles.